The monoisotopic (exact) mass is 466 g/mol. The van der Waals surface area contributed by atoms with Crippen molar-refractivity contribution in [2.45, 2.75) is 96.8 Å². The maximum atomic E-state index is 13.2. The molecule has 8 heteroatoms. The molecule has 1 N–H and O–H groups in total. The van der Waals surface area contributed by atoms with E-state index < -0.39 is 0 Å². The van der Waals surface area contributed by atoms with Crippen LogP contribution in [0.1, 0.15) is 90.1 Å². The summed E-state index contributed by atoms with van der Waals surface area (Å²) in [6, 6.07) is 8.26. The summed E-state index contributed by atoms with van der Waals surface area (Å²) in [5, 5.41) is 14.0. The van der Waals surface area contributed by atoms with Crippen LogP contribution in [0.15, 0.2) is 29.1 Å². The fraction of sp³-hybridized carbons (Fsp3) is 0.615. The molecule has 0 saturated heterocycles. The van der Waals surface area contributed by atoms with E-state index in [1.54, 1.807) is 7.11 Å². The first-order valence-corrected chi connectivity index (χ1v) is 12.6. The summed E-state index contributed by atoms with van der Waals surface area (Å²) in [5.74, 6) is 1.62. The van der Waals surface area contributed by atoms with Gasteiger partial charge in [-0.05, 0) is 73.5 Å². The van der Waals surface area contributed by atoms with Crippen molar-refractivity contribution < 1.29 is 4.74 Å². The standard InChI is InChI=1S/C26H38N6O2/c1-6-23(24-28-29-30-32(24)26(3,4)7-2)31(20-11-9-8-10-12-20)17-19-15-18-13-14-21(34-5)16-22(18)27-25(19)33/h13-16,20,23H,6-12,17H2,1-5H3,(H,27,33)/t23-/m0/s1. The number of tetrazole rings is 1. The van der Waals surface area contributed by atoms with Crippen LogP contribution in [0.2, 0.25) is 0 Å². The zero-order valence-corrected chi connectivity index (χ0v) is 21.2. The lowest BCUT2D eigenvalue weighted by molar-refractivity contribution is 0.0801. The lowest BCUT2D eigenvalue weighted by Gasteiger charge is -2.40. The fourth-order valence-electron chi connectivity index (χ4n) is 5.12. The molecule has 0 radical (unpaired) electrons. The molecule has 0 amide bonds. The molecule has 0 unspecified atom stereocenters. The fourth-order valence-corrected chi connectivity index (χ4v) is 5.12. The van der Waals surface area contributed by atoms with E-state index in [9.17, 15) is 4.79 Å². The molecule has 4 rings (SSSR count). The molecule has 1 saturated carbocycles. The average Bonchev–Trinajstić information content (AvgIpc) is 3.35. The SMILES string of the molecule is CC[C@@H](c1nnnn1C(C)(C)CC)N(Cc1cc2ccc(OC)cc2[nH]c1=O)C1CCCCC1. The van der Waals surface area contributed by atoms with Crippen LogP contribution < -0.4 is 10.3 Å². The number of aromatic amines is 1. The van der Waals surface area contributed by atoms with E-state index in [0.29, 0.717) is 12.6 Å². The number of fused-ring (bicyclic) bond motifs is 1. The molecule has 1 fully saturated rings. The molecule has 1 atom stereocenters. The van der Waals surface area contributed by atoms with Gasteiger partial charge in [0.1, 0.15) is 5.75 Å². The van der Waals surface area contributed by atoms with Gasteiger partial charge in [-0.25, -0.2) is 4.68 Å². The van der Waals surface area contributed by atoms with Crippen LogP contribution in [0.5, 0.6) is 5.75 Å². The normalized spacial score (nSPS) is 16.3. The van der Waals surface area contributed by atoms with Crippen LogP contribution in [0.25, 0.3) is 10.9 Å². The number of hydrogen-bond acceptors (Lipinski definition) is 6. The predicted molar refractivity (Wildman–Crippen MR) is 134 cm³/mol. The summed E-state index contributed by atoms with van der Waals surface area (Å²) in [6.45, 7) is 9.27. The molecule has 3 aromatic rings. The third-order valence-electron chi connectivity index (χ3n) is 7.54. The smallest absolute Gasteiger partial charge is 0.252 e. The van der Waals surface area contributed by atoms with Crippen molar-refractivity contribution in [2.24, 2.45) is 0 Å². The maximum absolute atomic E-state index is 13.2. The highest BCUT2D eigenvalue weighted by molar-refractivity contribution is 5.80. The number of H-pyrrole nitrogens is 1. The minimum atomic E-state index is -0.177. The van der Waals surface area contributed by atoms with Crippen LogP contribution in [-0.4, -0.2) is 43.2 Å². The number of nitrogens with zero attached hydrogens (tertiary/aromatic N) is 5. The Morgan fingerprint density at radius 3 is 2.65 bits per heavy atom. The van der Waals surface area contributed by atoms with Gasteiger partial charge >= 0.3 is 0 Å². The van der Waals surface area contributed by atoms with Crippen molar-refractivity contribution in [1.82, 2.24) is 30.1 Å². The van der Waals surface area contributed by atoms with E-state index in [0.717, 1.165) is 53.7 Å². The molecule has 8 nitrogen and oxygen atoms in total. The van der Waals surface area contributed by atoms with Gasteiger partial charge in [0, 0.05) is 24.2 Å². The first kappa shape index (κ1) is 24.4. The zero-order valence-electron chi connectivity index (χ0n) is 21.2. The Morgan fingerprint density at radius 1 is 1.21 bits per heavy atom. The third-order valence-corrected chi connectivity index (χ3v) is 7.54. The van der Waals surface area contributed by atoms with Crippen molar-refractivity contribution in [3.63, 3.8) is 0 Å². The number of methoxy groups -OCH3 is 1. The molecule has 0 bridgehead atoms. The summed E-state index contributed by atoms with van der Waals surface area (Å²) in [4.78, 5) is 18.7. The highest BCUT2D eigenvalue weighted by atomic mass is 16.5. The van der Waals surface area contributed by atoms with Gasteiger partial charge < -0.3 is 9.72 Å². The lowest BCUT2D eigenvalue weighted by Crippen LogP contribution is -2.42. The quantitative estimate of drug-likeness (QED) is 0.480. The van der Waals surface area contributed by atoms with E-state index in [1.165, 1.54) is 19.3 Å². The van der Waals surface area contributed by atoms with Gasteiger partial charge in [-0.2, -0.15) is 0 Å². The Hall–Kier alpha value is -2.74. The van der Waals surface area contributed by atoms with Gasteiger partial charge in [0.25, 0.3) is 5.56 Å². The molecule has 1 aliphatic rings. The highest BCUT2D eigenvalue weighted by Crippen LogP contribution is 2.34. The van der Waals surface area contributed by atoms with Crippen LogP contribution >= 0.6 is 0 Å². The molecule has 2 aromatic heterocycles. The number of benzene rings is 1. The Morgan fingerprint density at radius 2 is 1.97 bits per heavy atom. The Bertz CT molecular complexity index is 1160. The summed E-state index contributed by atoms with van der Waals surface area (Å²) in [7, 11) is 1.63. The first-order chi connectivity index (χ1) is 16.4. The van der Waals surface area contributed by atoms with Gasteiger partial charge in [0.05, 0.1) is 24.2 Å². The van der Waals surface area contributed by atoms with Crippen molar-refractivity contribution in [3.05, 3.63) is 46.0 Å². The lowest BCUT2D eigenvalue weighted by atomic mass is 9.91. The van der Waals surface area contributed by atoms with Gasteiger partial charge in [0.2, 0.25) is 0 Å². The second-order valence-corrected chi connectivity index (χ2v) is 10.1. The average molecular weight is 467 g/mol. The third kappa shape index (κ3) is 4.87. The van der Waals surface area contributed by atoms with Crippen LogP contribution in [0.3, 0.4) is 0 Å². The minimum Gasteiger partial charge on any atom is -0.497 e. The molecule has 1 aliphatic carbocycles. The predicted octanol–water partition coefficient (Wildman–Crippen LogP) is 4.95. The summed E-state index contributed by atoms with van der Waals surface area (Å²) >= 11 is 0. The Kier molecular flexibility index (Phi) is 7.36. The highest BCUT2D eigenvalue weighted by Gasteiger charge is 2.34. The Balaban J connectivity index is 1.74. The molecular formula is C26H38N6O2. The minimum absolute atomic E-state index is 0.0369. The van der Waals surface area contributed by atoms with Crippen molar-refractivity contribution >= 4 is 10.9 Å². The van der Waals surface area contributed by atoms with E-state index in [1.807, 2.05) is 28.9 Å². The van der Waals surface area contributed by atoms with Gasteiger partial charge in [-0.1, -0.05) is 33.1 Å². The van der Waals surface area contributed by atoms with Gasteiger partial charge in [-0.3, -0.25) is 9.69 Å². The van der Waals surface area contributed by atoms with Crippen LogP contribution in [0, 0.1) is 0 Å². The number of ether oxygens (including phenoxy) is 1. The molecule has 0 spiro atoms. The van der Waals surface area contributed by atoms with E-state index >= 15 is 0 Å². The molecule has 1 aromatic carbocycles. The van der Waals surface area contributed by atoms with E-state index in [2.05, 4.69) is 53.1 Å². The number of nitrogens with one attached hydrogen (secondary N) is 1. The number of pyridine rings is 1. The van der Waals surface area contributed by atoms with E-state index in [4.69, 9.17) is 4.74 Å². The second kappa shape index (κ2) is 10.3. The number of aromatic nitrogens is 5. The molecule has 0 aliphatic heterocycles. The van der Waals surface area contributed by atoms with Gasteiger partial charge in [-0.15, -0.1) is 5.10 Å². The van der Waals surface area contributed by atoms with Gasteiger partial charge in [0.15, 0.2) is 5.82 Å². The number of hydrogen-bond donors (Lipinski definition) is 1. The topological polar surface area (TPSA) is 88.9 Å². The summed E-state index contributed by atoms with van der Waals surface area (Å²) in [6.07, 6.45) is 7.79. The van der Waals surface area contributed by atoms with E-state index in [-0.39, 0.29) is 17.1 Å². The molecule has 184 valence electrons. The molecule has 2 heterocycles. The maximum Gasteiger partial charge on any atom is 0.252 e. The largest absolute Gasteiger partial charge is 0.497 e. The molecule has 34 heavy (non-hydrogen) atoms. The van der Waals surface area contributed by atoms with Crippen LogP contribution in [-0.2, 0) is 12.1 Å². The van der Waals surface area contributed by atoms with Crippen molar-refractivity contribution in [1.29, 1.82) is 0 Å². The Labute approximate surface area is 201 Å². The summed E-state index contributed by atoms with van der Waals surface area (Å²) in [5.41, 5.74) is 1.34. The van der Waals surface area contributed by atoms with Crippen LogP contribution in [0.4, 0.5) is 0 Å². The molecular weight excluding hydrogens is 428 g/mol. The zero-order chi connectivity index (χ0) is 24.3. The first-order valence-electron chi connectivity index (χ1n) is 12.6. The van der Waals surface area contributed by atoms with Crippen molar-refractivity contribution in [3.8, 4) is 5.75 Å². The second-order valence-electron chi connectivity index (χ2n) is 10.1. The summed E-state index contributed by atoms with van der Waals surface area (Å²) < 4.78 is 7.31. The number of rotatable bonds is 9. The van der Waals surface area contributed by atoms with Crippen molar-refractivity contribution in [2.75, 3.05) is 7.11 Å².